The Bertz CT molecular complexity index is 376. The van der Waals surface area contributed by atoms with Gasteiger partial charge in [0.25, 0.3) is 0 Å². The second kappa shape index (κ2) is 4.81. The van der Waals surface area contributed by atoms with Crippen LogP contribution in [0, 0.1) is 0 Å². The molecular formula is C12H15NOS. The van der Waals surface area contributed by atoms with Crippen LogP contribution in [0.1, 0.15) is 22.8 Å². The molecule has 1 heterocycles. The van der Waals surface area contributed by atoms with Gasteiger partial charge in [0, 0.05) is 16.2 Å². The molecule has 1 aromatic rings. The van der Waals surface area contributed by atoms with Gasteiger partial charge in [-0.25, -0.2) is 0 Å². The highest BCUT2D eigenvalue weighted by atomic mass is 32.2. The summed E-state index contributed by atoms with van der Waals surface area (Å²) in [6, 6.07) is 6.07. The van der Waals surface area contributed by atoms with Crippen molar-refractivity contribution in [2.24, 2.45) is 0 Å². The van der Waals surface area contributed by atoms with Crippen molar-refractivity contribution in [3.05, 3.63) is 29.3 Å². The van der Waals surface area contributed by atoms with Gasteiger partial charge in [0.1, 0.15) is 0 Å². The molecule has 0 radical (unpaired) electrons. The van der Waals surface area contributed by atoms with Crippen LogP contribution in [0.25, 0.3) is 0 Å². The molecule has 2 rings (SSSR count). The third-order valence-corrected chi connectivity index (χ3v) is 3.65. The summed E-state index contributed by atoms with van der Waals surface area (Å²) in [5, 5.41) is 3.06. The van der Waals surface area contributed by atoms with Crippen LogP contribution in [-0.4, -0.2) is 24.6 Å². The summed E-state index contributed by atoms with van der Waals surface area (Å²) in [5.41, 5.74) is 2.23. The Hall–Kier alpha value is -0.800. The molecule has 1 aliphatic heterocycles. The van der Waals surface area contributed by atoms with E-state index in [4.69, 9.17) is 0 Å². The smallest absolute Gasteiger partial charge is 0.176 e. The zero-order valence-corrected chi connectivity index (χ0v) is 9.69. The fraction of sp³-hybridized carbons (Fsp3) is 0.417. The van der Waals surface area contributed by atoms with Crippen LogP contribution in [0.2, 0.25) is 0 Å². The molecule has 15 heavy (non-hydrogen) atoms. The second-order valence-electron chi connectivity index (χ2n) is 3.62. The first-order valence-corrected chi connectivity index (χ1v) is 6.29. The number of carbonyl (C=O) groups excluding carboxylic acids is 1. The summed E-state index contributed by atoms with van der Waals surface area (Å²) < 4.78 is 0. The molecular weight excluding hydrogens is 206 g/mol. The molecule has 0 fully saturated rings. The van der Waals surface area contributed by atoms with Gasteiger partial charge in [-0.1, -0.05) is 19.1 Å². The number of Topliss-reactive ketones (excluding diaryl/α,β-unsaturated/α-hetero) is 1. The standard InChI is InChI=1S/C12H15NOS/c1-2-13-8-11(14)10-4-3-9-5-6-15-12(9)7-10/h3-4,7,13H,2,5-6,8H2,1H3. The van der Waals surface area contributed by atoms with Gasteiger partial charge in [-0.15, -0.1) is 11.8 Å². The monoisotopic (exact) mass is 221 g/mol. The molecule has 0 atom stereocenters. The fourth-order valence-electron chi connectivity index (χ4n) is 1.68. The topological polar surface area (TPSA) is 29.1 Å². The minimum Gasteiger partial charge on any atom is -0.310 e. The van der Waals surface area contributed by atoms with Crippen molar-refractivity contribution in [3.8, 4) is 0 Å². The second-order valence-corrected chi connectivity index (χ2v) is 4.76. The average molecular weight is 221 g/mol. The highest BCUT2D eigenvalue weighted by Gasteiger charge is 2.13. The minimum absolute atomic E-state index is 0.187. The number of rotatable bonds is 4. The van der Waals surface area contributed by atoms with Crippen LogP contribution < -0.4 is 5.32 Å². The van der Waals surface area contributed by atoms with Crippen LogP contribution in [0.4, 0.5) is 0 Å². The first kappa shape index (κ1) is 10.7. The van der Waals surface area contributed by atoms with Crippen LogP contribution in [0.3, 0.4) is 0 Å². The third kappa shape index (κ3) is 2.41. The van der Waals surface area contributed by atoms with Crippen molar-refractivity contribution in [2.75, 3.05) is 18.8 Å². The molecule has 0 amide bonds. The lowest BCUT2D eigenvalue weighted by molar-refractivity contribution is 0.0991. The van der Waals surface area contributed by atoms with Gasteiger partial charge < -0.3 is 5.32 Å². The lowest BCUT2D eigenvalue weighted by Crippen LogP contribution is -2.22. The Morgan fingerprint density at radius 1 is 1.53 bits per heavy atom. The maximum absolute atomic E-state index is 11.7. The molecule has 1 aliphatic rings. The zero-order valence-electron chi connectivity index (χ0n) is 8.88. The van der Waals surface area contributed by atoms with E-state index in [1.807, 2.05) is 30.8 Å². The molecule has 80 valence electrons. The van der Waals surface area contributed by atoms with Crippen molar-refractivity contribution in [2.45, 2.75) is 18.2 Å². The maximum atomic E-state index is 11.7. The molecule has 1 aromatic carbocycles. The summed E-state index contributed by atoms with van der Waals surface area (Å²) >= 11 is 1.85. The minimum atomic E-state index is 0.187. The maximum Gasteiger partial charge on any atom is 0.176 e. The van der Waals surface area contributed by atoms with Gasteiger partial charge in [-0.3, -0.25) is 4.79 Å². The predicted octanol–water partition coefficient (Wildman–Crippen LogP) is 2.13. The van der Waals surface area contributed by atoms with Gasteiger partial charge in [0.05, 0.1) is 6.54 Å². The number of aryl methyl sites for hydroxylation is 1. The van der Waals surface area contributed by atoms with E-state index in [0.29, 0.717) is 6.54 Å². The number of hydrogen-bond acceptors (Lipinski definition) is 3. The normalized spacial score (nSPS) is 13.9. The molecule has 0 unspecified atom stereocenters. The largest absolute Gasteiger partial charge is 0.310 e. The Balaban J connectivity index is 2.12. The van der Waals surface area contributed by atoms with E-state index in [2.05, 4.69) is 11.4 Å². The van der Waals surface area contributed by atoms with Crippen molar-refractivity contribution in [3.63, 3.8) is 0 Å². The summed E-state index contributed by atoms with van der Waals surface area (Å²) in [6.07, 6.45) is 1.14. The van der Waals surface area contributed by atoms with Crippen LogP contribution in [0.15, 0.2) is 23.1 Å². The molecule has 1 N–H and O–H groups in total. The van der Waals surface area contributed by atoms with E-state index >= 15 is 0 Å². The molecule has 0 saturated heterocycles. The van der Waals surface area contributed by atoms with Crippen LogP contribution in [0.5, 0.6) is 0 Å². The molecule has 0 aliphatic carbocycles. The third-order valence-electron chi connectivity index (χ3n) is 2.55. The molecule has 0 saturated carbocycles. The average Bonchev–Trinajstić information content (AvgIpc) is 2.72. The van der Waals surface area contributed by atoms with E-state index in [1.165, 1.54) is 10.5 Å². The Morgan fingerprint density at radius 2 is 2.40 bits per heavy atom. The van der Waals surface area contributed by atoms with Crippen molar-refractivity contribution in [1.29, 1.82) is 0 Å². The fourth-order valence-corrected chi connectivity index (χ4v) is 2.79. The number of nitrogens with one attached hydrogen (secondary N) is 1. The van der Waals surface area contributed by atoms with E-state index in [9.17, 15) is 4.79 Å². The Labute approximate surface area is 94.4 Å². The number of benzene rings is 1. The Morgan fingerprint density at radius 3 is 3.20 bits per heavy atom. The summed E-state index contributed by atoms with van der Waals surface area (Å²) in [6.45, 7) is 3.29. The molecule has 3 heteroatoms. The van der Waals surface area contributed by atoms with Gasteiger partial charge in [-0.05, 0) is 24.6 Å². The van der Waals surface area contributed by atoms with Crippen molar-refractivity contribution in [1.82, 2.24) is 5.32 Å². The molecule has 0 bridgehead atoms. The van der Waals surface area contributed by atoms with Gasteiger partial charge in [0.15, 0.2) is 5.78 Å². The number of ketones is 1. The number of thioether (sulfide) groups is 1. The van der Waals surface area contributed by atoms with Gasteiger partial charge >= 0.3 is 0 Å². The summed E-state index contributed by atoms with van der Waals surface area (Å²) in [5.74, 6) is 1.34. The molecule has 0 aromatic heterocycles. The Kier molecular flexibility index (Phi) is 3.44. The van der Waals surface area contributed by atoms with E-state index in [-0.39, 0.29) is 5.78 Å². The first-order chi connectivity index (χ1) is 7.31. The number of hydrogen-bond donors (Lipinski definition) is 1. The lowest BCUT2D eigenvalue weighted by atomic mass is 10.1. The van der Waals surface area contributed by atoms with Gasteiger partial charge in [-0.2, -0.15) is 0 Å². The number of carbonyl (C=O) groups is 1. The van der Waals surface area contributed by atoms with Crippen LogP contribution in [-0.2, 0) is 6.42 Å². The van der Waals surface area contributed by atoms with Gasteiger partial charge in [0.2, 0.25) is 0 Å². The number of likely N-dealkylation sites (N-methyl/N-ethyl adjacent to an activating group) is 1. The first-order valence-electron chi connectivity index (χ1n) is 5.31. The summed E-state index contributed by atoms with van der Waals surface area (Å²) in [7, 11) is 0. The van der Waals surface area contributed by atoms with Crippen LogP contribution >= 0.6 is 11.8 Å². The van der Waals surface area contributed by atoms with E-state index in [0.717, 1.165) is 24.3 Å². The molecule has 2 nitrogen and oxygen atoms in total. The zero-order chi connectivity index (χ0) is 10.7. The number of fused-ring (bicyclic) bond motifs is 1. The van der Waals surface area contributed by atoms with Crippen molar-refractivity contribution < 1.29 is 4.79 Å². The summed E-state index contributed by atoms with van der Waals surface area (Å²) in [4.78, 5) is 13.0. The quantitative estimate of drug-likeness (QED) is 0.790. The SMILES string of the molecule is CCNCC(=O)c1ccc2c(c1)SCC2. The highest BCUT2D eigenvalue weighted by Crippen LogP contribution is 2.31. The molecule has 0 spiro atoms. The lowest BCUT2D eigenvalue weighted by Gasteiger charge is -2.04. The predicted molar refractivity (Wildman–Crippen MR) is 63.7 cm³/mol. The highest BCUT2D eigenvalue weighted by molar-refractivity contribution is 7.99. The van der Waals surface area contributed by atoms with Crippen molar-refractivity contribution >= 4 is 17.5 Å². The van der Waals surface area contributed by atoms with E-state index < -0.39 is 0 Å². The van der Waals surface area contributed by atoms with E-state index in [1.54, 1.807) is 0 Å².